The third-order valence-corrected chi connectivity index (χ3v) is 2.62. The summed E-state index contributed by atoms with van der Waals surface area (Å²) in [7, 11) is 0. The fourth-order valence-electron chi connectivity index (χ4n) is 0.813. The Bertz CT molecular complexity index is 379. The Hall–Kier alpha value is -1.01. The van der Waals surface area contributed by atoms with Crippen molar-refractivity contribution in [1.29, 1.82) is 0 Å². The van der Waals surface area contributed by atoms with Crippen LogP contribution in [0.5, 0.6) is 0 Å². The second kappa shape index (κ2) is 5.18. The van der Waals surface area contributed by atoms with Crippen LogP contribution in [0, 0.1) is 5.92 Å². The zero-order valence-corrected chi connectivity index (χ0v) is 10.4. The first-order valence-electron chi connectivity index (χ1n) is 4.22. The summed E-state index contributed by atoms with van der Waals surface area (Å²) < 4.78 is 0.850. The summed E-state index contributed by atoms with van der Waals surface area (Å²) in [5.74, 6) is -0.269. The number of hydrogen-bond donors (Lipinski definition) is 2. The van der Waals surface area contributed by atoms with E-state index in [9.17, 15) is 4.79 Å². The average Bonchev–Trinajstić information content (AvgIpc) is 2.20. The average molecular weight is 288 g/mol. The number of anilines is 1. The summed E-state index contributed by atoms with van der Waals surface area (Å²) in [6, 6.07) is 3.47. The van der Waals surface area contributed by atoms with Gasteiger partial charge in [-0.15, -0.1) is 0 Å². The van der Waals surface area contributed by atoms with Crippen LogP contribution in [0.1, 0.15) is 6.92 Å². The smallest absolute Gasteiger partial charge is 0.235 e. The molecule has 0 spiro atoms. The standard InChI is InChI=1S/C9H10BrN3OS/c1-5(8(11)15)9(14)13-7-3-2-6(10)4-12-7/h2-5H,1H3,(H2,11,15)(H,12,13,14). The van der Waals surface area contributed by atoms with Crippen LogP contribution in [0.2, 0.25) is 0 Å². The summed E-state index contributed by atoms with van der Waals surface area (Å²) in [5, 5.41) is 2.61. The van der Waals surface area contributed by atoms with E-state index in [1.54, 1.807) is 25.3 Å². The molecule has 1 unspecified atom stereocenters. The van der Waals surface area contributed by atoms with Gasteiger partial charge in [-0.1, -0.05) is 12.2 Å². The van der Waals surface area contributed by atoms with E-state index in [2.05, 4.69) is 26.2 Å². The van der Waals surface area contributed by atoms with Gasteiger partial charge >= 0.3 is 0 Å². The summed E-state index contributed by atoms with van der Waals surface area (Å²) in [5.41, 5.74) is 5.36. The van der Waals surface area contributed by atoms with Gasteiger partial charge in [-0.25, -0.2) is 4.98 Å². The zero-order chi connectivity index (χ0) is 11.4. The number of nitrogens with two attached hydrogens (primary N) is 1. The minimum Gasteiger partial charge on any atom is -0.393 e. The number of thiocarbonyl (C=S) groups is 1. The quantitative estimate of drug-likeness (QED) is 0.831. The molecule has 1 heterocycles. The molecule has 1 atom stereocenters. The van der Waals surface area contributed by atoms with Crippen LogP contribution in [-0.4, -0.2) is 15.9 Å². The number of nitrogens with one attached hydrogen (secondary N) is 1. The lowest BCUT2D eigenvalue weighted by Gasteiger charge is -2.09. The molecule has 1 amide bonds. The summed E-state index contributed by atoms with van der Waals surface area (Å²) in [6.07, 6.45) is 1.60. The highest BCUT2D eigenvalue weighted by atomic mass is 79.9. The molecule has 3 N–H and O–H groups in total. The lowest BCUT2D eigenvalue weighted by atomic mass is 10.1. The maximum Gasteiger partial charge on any atom is 0.235 e. The molecule has 1 aromatic heterocycles. The number of rotatable bonds is 3. The predicted octanol–water partition coefficient (Wildman–Crippen LogP) is 1.70. The van der Waals surface area contributed by atoms with Crippen molar-refractivity contribution in [3.63, 3.8) is 0 Å². The van der Waals surface area contributed by atoms with Crippen LogP contribution in [0.15, 0.2) is 22.8 Å². The first-order valence-corrected chi connectivity index (χ1v) is 5.42. The Morgan fingerprint density at radius 2 is 2.33 bits per heavy atom. The first-order chi connectivity index (χ1) is 7.00. The van der Waals surface area contributed by atoms with E-state index in [1.165, 1.54) is 0 Å². The van der Waals surface area contributed by atoms with Gasteiger partial charge in [0.05, 0.1) is 10.9 Å². The minimum atomic E-state index is -0.495. The molecule has 0 bridgehead atoms. The number of pyridine rings is 1. The van der Waals surface area contributed by atoms with E-state index in [-0.39, 0.29) is 10.9 Å². The van der Waals surface area contributed by atoms with Gasteiger partial charge in [-0.3, -0.25) is 4.79 Å². The Morgan fingerprint density at radius 1 is 1.67 bits per heavy atom. The molecule has 0 aromatic carbocycles. The Morgan fingerprint density at radius 3 is 2.80 bits per heavy atom. The predicted molar refractivity (Wildman–Crippen MR) is 66.5 cm³/mol. The van der Waals surface area contributed by atoms with Crippen LogP contribution >= 0.6 is 28.1 Å². The molecular formula is C9H10BrN3OS. The molecule has 0 fully saturated rings. The van der Waals surface area contributed by atoms with Crippen LogP contribution < -0.4 is 11.1 Å². The maximum absolute atomic E-state index is 11.5. The van der Waals surface area contributed by atoms with Crippen LogP contribution in [0.25, 0.3) is 0 Å². The van der Waals surface area contributed by atoms with Crippen molar-refractivity contribution >= 4 is 44.9 Å². The molecule has 0 radical (unpaired) electrons. The van der Waals surface area contributed by atoms with Crippen molar-refractivity contribution in [2.24, 2.45) is 11.7 Å². The monoisotopic (exact) mass is 287 g/mol. The number of halogens is 1. The summed E-state index contributed by atoms with van der Waals surface area (Å²) >= 11 is 7.97. The SMILES string of the molecule is CC(C(=O)Nc1ccc(Br)cn1)C(N)=S. The molecule has 0 saturated heterocycles. The van der Waals surface area contributed by atoms with Crippen LogP contribution in [0.3, 0.4) is 0 Å². The molecule has 6 heteroatoms. The number of nitrogens with zero attached hydrogens (tertiary/aromatic N) is 1. The highest BCUT2D eigenvalue weighted by molar-refractivity contribution is 9.10. The molecule has 1 aromatic rings. The lowest BCUT2D eigenvalue weighted by Crippen LogP contribution is -2.31. The molecule has 1 rings (SSSR count). The van der Waals surface area contributed by atoms with Crippen LogP contribution in [0.4, 0.5) is 5.82 Å². The van der Waals surface area contributed by atoms with E-state index in [0.29, 0.717) is 5.82 Å². The zero-order valence-electron chi connectivity index (χ0n) is 8.03. The van der Waals surface area contributed by atoms with Crippen molar-refractivity contribution in [1.82, 2.24) is 4.98 Å². The molecule has 0 saturated carbocycles. The van der Waals surface area contributed by atoms with E-state index < -0.39 is 5.92 Å². The molecule has 0 aliphatic carbocycles. The maximum atomic E-state index is 11.5. The fraction of sp³-hybridized carbons (Fsp3) is 0.222. The third kappa shape index (κ3) is 3.56. The van der Waals surface area contributed by atoms with Gasteiger partial charge in [-0.05, 0) is 35.0 Å². The molecule has 4 nitrogen and oxygen atoms in total. The second-order valence-electron chi connectivity index (χ2n) is 2.97. The second-order valence-corrected chi connectivity index (χ2v) is 4.36. The molecule has 80 valence electrons. The first kappa shape index (κ1) is 12.1. The van der Waals surface area contributed by atoms with Crippen molar-refractivity contribution < 1.29 is 4.79 Å². The van der Waals surface area contributed by atoms with Gasteiger partial charge in [0.1, 0.15) is 5.82 Å². The van der Waals surface area contributed by atoms with E-state index >= 15 is 0 Å². The Balaban J connectivity index is 2.66. The van der Waals surface area contributed by atoms with E-state index in [1.807, 2.05) is 0 Å². The Kier molecular flexibility index (Phi) is 4.16. The largest absolute Gasteiger partial charge is 0.393 e. The number of aromatic nitrogens is 1. The fourth-order valence-corrected chi connectivity index (χ4v) is 1.16. The molecule has 15 heavy (non-hydrogen) atoms. The highest BCUT2D eigenvalue weighted by Gasteiger charge is 2.15. The molecule has 0 aliphatic rings. The van der Waals surface area contributed by atoms with E-state index in [4.69, 9.17) is 18.0 Å². The number of hydrogen-bond acceptors (Lipinski definition) is 3. The van der Waals surface area contributed by atoms with Gasteiger partial charge in [0.15, 0.2) is 0 Å². The van der Waals surface area contributed by atoms with Crippen molar-refractivity contribution in [2.45, 2.75) is 6.92 Å². The normalized spacial score (nSPS) is 11.9. The van der Waals surface area contributed by atoms with E-state index in [0.717, 1.165) is 4.47 Å². The number of carbonyl (C=O) groups is 1. The van der Waals surface area contributed by atoms with Gasteiger partial charge < -0.3 is 11.1 Å². The van der Waals surface area contributed by atoms with Crippen molar-refractivity contribution in [2.75, 3.05) is 5.32 Å². The van der Waals surface area contributed by atoms with Gasteiger partial charge in [0.25, 0.3) is 0 Å². The minimum absolute atomic E-state index is 0.171. The summed E-state index contributed by atoms with van der Waals surface area (Å²) in [6.45, 7) is 1.65. The molecular weight excluding hydrogens is 278 g/mol. The van der Waals surface area contributed by atoms with Crippen LogP contribution in [-0.2, 0) is 4.79 Å². The van der Waals surface area contributed by atoms with Gasteiger partial charge in [-0.2, -0.15) is 0 Å². The third-order valence-electron chi connectivity index (χ3n) is 1.80. The highest BCUT2D eigenvalue weighted by Crippen LogP contribution is 2.11. The van der Waals surface area contributed by atoms with Gasteiger partial charge in [0.2, 0.25) is 5.91 Å². The van der Waals surface area contributed by atoms with Gasteiger partial charge in [0, 0.05) is 10.7 Å². The topological polar surface area (TPSA) is 68.0 Å². The summed E-state index contributed by atoms with van der Waals surface area (Å²) in [4.78, 5) is 15.7. The van der Waals surface area contributed by atoms with Crippen molar-refractivity contribution in [3.05, 3.63) is 22.8 Å². The number of amides is 1. The lowest BCUT2D eigenvalue weighted by molar-refractivity contribution is -0.117. The van der Waals surface area contributed by atoms with Crippen molar-refractivity contribution in [3.8, 4) is 0 Å². The Labute approximate surface area is 101 Å². The molecule has 0 aliphatic heterocycles. The number of carbonyl (C=O) groups excluding carboxylic acids is 1.